The lowest BCUT2D eigenvalue weighted by Crippen LogP contribution is -1.67. The van der Waals surface area contributed by atoms with Gasteiger partial charge in [0.15, 0.2) is 5.76 Å². The topological polar surface area (TPSA) is 19.9 Å². The first-order valence-electron chi connectivity index (χ1n) is 2.13. The standard InChI is InChI=1S/C5H9O/c1-3-5(6)4-2/h3H,4H2,1-2H3/b5-3+. The van der Waals surface area contributed by atoms with Gasteiger partial charge in [0, 0.05) is 6.42 Å². The van der Waals surface area contributed by atoms with Gasteiger partial charge in [-0.15, -0.1) is 0 Å². The molecule has 1 radical (unpaired) electrons. The van der Waals surface area contributed by atoms with E-state index in [1.54, 1.807) is 13.0 Å². The zero-order valence-corrected chi connectivity index (χ0v) is 4.19. The van der Waals surface area contributed by atoms with Gasteiger partial charge < -0.3 is 0 Å². The predicted molar refractivity (Wildman–Crippen MR) is 24.7 cm³/mol. The molecule has 0 aromatic rings. The Morgan fingerprint density at radius 1 is 1.83 bits per heavy atom. The Bertz CT molecular complexity index is 55.0. The van der Waals surface area contributed by atoms with Crippen molar-refractivity contribution in [1.29, 1.82) is 0 Å². The fourth-order valence-electron chi connectivity index (χ4n) is 0.204. The van der Waals surface area contributed by atoms with Crippen LogP contribution in [0.1, 0.15) is 20.3 Å². The van der Waals surface area contributed by atoms with Gasteiger partial charge in [0.1, 0.15) is 0 Å². The van der Waals surface area contributed by atoms with E-state index in [4.69, 9.17) is 0 Å². The molecule has 0 spiro atoms. The summed E-state index contributed by atoms with van der Waals surface area (Å²) in [5.41, 5.74) is 0. The van der Waals surface area contributed by atoms with Gasteiger partial charge in [-0.05, 0) is 13.0 Å². The first-order chi connectivity index (χ1) is 2.81. The van der Waals surface area contributed by atoms with Crippen molar-refractivity contribution in [2.45, 2.75) is 20.3 Å². The average molecular weight is 85.1 g/mol. The number of hydrogen-bond acceptors (Lipinski definition) is 0. The van der Waals surface area contributed by atoms with Crippen LogP contribution in [0.15, 0.2) is 11.8 Å². The fraction of sp³-hybridized carbons (Fsp3) is 0.600. The third-order valence-electron chi connectivity index (χ3n) is 0.670. The Morgan fingerprint density at radius 2 is 2.33 bits per heavy atom. The monoisotopic (exact) mass is 85.1 g/mol. The lowest BCUT2D eigenvalue weighted by molar-refractivity contribution is 0.284. The van der Waals surface area contributed by atoms with E-state index < -0.39 is 0 Å². The van der Waals surface area contributed by atoms with Crippen LogP contribution in [0.3, 0.4) is 0 Å². The highest BCUT2D eigenvalue weighted by Gasteiger charge is 1.81. The molecule has 0 aliphatic heterocycles. The molecule has 6 heavy (non-hydrogen) atoms. The van der Waals surface area contributed by atoms with Crippen LogP contribution in [0.25, 0.3) is 0 Å². The van der Waals surface area contributed by atoms with Crippen LogP contribution in [0.2, 0.25) is 0 Å². The Balaban J connectivity index is 3.22. The van der Waals surface area contributed by atoms with Gasteiger partial charge in [-0.3, -0.25) is 5.11 Å². The van der Waals surface area contributed by atoms with Crippen LogP contribution < -0.4 is 0 Å². The maximum atomic E-state index is 10.1. The molecule has 0 heterocycles. The summed E-state index contributed by atoms with van der Waals surface area (Å²) in [6.45, 7) is 3.61. The van der Waals surface area contributed by atoms with E-state index in [1.165, 1.54) is 0 Å². The van der Waals surface area contributed by atoms with E-state index >= 15 is 0 Å². The molecular weight excluding hydrogens is 76.1 g/mol. The zero-order chi connectivity index (χ0) is 4.99. The normalized spacial score (nSPS) is 12.0. The van der Waals surface area contributed by atoms with Crippen molar-refractivity contribution < 1.29 is 5.11 Å². The van der Waals surface area contributed by atoms with E-state index in [2.05, 4.69) is 0 Å². The Hall–Kier alpha value is -0.460. The molecule has 0 aliphatic carbocycles. The minimum absolute atomic E-state index is 0.218. The SMILES string of the molecule is C/C=C(/[O])CC. The summed E-state index contributed by atoms with van der Waals surface area (Å²) in [5, 5.41) is 10.1. The summed E-state index contributed by atoms with van der Waals surface area (Å²) >= 11 is 0. The van der Waals surface area contributed by atoms with Crippen LogP contribution in [0.4, 0.5) is 0 Å². The van der Waals surface area contributed by atoms with Crippen LogP contribution in [-0.2, 0) is 5.11 Å². The van der Waals surface area contributed by atoms with Gasteiger partial charge in [-0.2, -0.15) is 0 Å². The van der Waals surface area contributed by atoms with Crippen molar-refractivity contribution >= 4 is 0 Å². The molecule has 0 aromatic carbocycles. The molecule has 1 heteroatoms. The van der Waals surface area contributed by atoms with Gasteiger partial charge in [-0.1, -0.05) is 6.92 Å². The molecular formula is C5H9O. The fourth-order valence-corrected chi connectivity index (χ4v) is 0.204. The third-order valence-corrected chi connectivity index (χ3v) is 0.670. The highest BCUT2D eigenvalue weighted by atomic mass is 16.3. The molecule has 0 aliphatic rings. The highest BCUT2D eigenvalue weighted by Crippen LogP contribution is 1.91. The maximum absolute atomic E-state index is 10.1. The number of rotatable bonds is 1. The van der Waals surface area contributed by atoms with E-state index in [9.17, 15) is 5.11 Å². The predicted octanol–water partition coefficient (Wildman–Crippen LogP) is 1.73. The molecule has 0 saturated heterocycles. The van der Waals surface area contributed by atoms with E-state index in [-0.39, 0.29) is 5.76 Å². The smallest absolute Gasteiger partial charge is 0.151 e. The van der Waals surface area contributed by atoms with E-state index in [0.29, 0.717) is 6.42 Å². The Labute approximate surface area is 38.3 Å². The van der Waals surface area contributed by atoms with Crippen LogP contribution in [0.5, 0.6) is 0 Å². The quantitative estimate of drug-likeness (QED) is 0.432. The summed E-state index contributed by atoms with van der Waals surface area (Å²) in [6, 6.07) is 0. The van der Waals surface area contributed by atoms with Gasteiger partial charge in [-0.25, -0.2) is 0 Å². The third kappa shape index (κ3) is 1.82. The first-order valence-corrected chi connectivity index (χ1v) is 2.13. The van der Waals surface area contributed by atoms with E-state index in [1.807, 2.05) is 6.92 Å². The van der Waals surface area contributed by atoms with Crippen molar-refractivity contribution in [3.8, 4) is 0 Å². The average Bonchev–Trinajstić information content (AvgIpc) is 1.65. The molecule has 0 fully saturated rings. The van der Waals surface area contributed by atoms with Gasteiger partial charge in [0.05, 0.1) is 0 Å². The molecule has 0 saturated carbocycles. The van der Waals surface area contributed by atoms with Gasteiger partial charge in [0.2, 0.25) is 0 Å². The summed E-state index contributed by atoms with van der Waals surface area (Å²) in [4.78, 5) is 0. The largest absolute Gasteiger partial charge is 0.295 e. The number of hydrogen-bond donors (Lipinski definition) is 0. The van der Waals surface area contributed by atoms with Crippen LogP contribution in [-0.4, -0.2) is 0 Å². The van der Waals surface area contributed by atoms with Crippen molar-refractivity contribution in [2.24, 2.45) is 0 Å². The van der Waals surface area contributed by atoms with Crippen molar-refractivity contribution in [2.75, 3.05) is 0 Å². The van der Waals surface area contributed by atoms with Gasteiger partial charge >= 0.3 is 0 Å². The molecule has 0 bridgehead atoms. The minimum atomic E-state index is 0.218. The van der Waals surface area contributed by atoms with Crippen LogP contribution in [0, 0.1) is 0 Å². The van der Waals surface area contributed by atoms with Crippen molar-refractivity contribution in [1.82, 2.24) is 0 Å². The summed E-state index contributed by atoms with van der Waals surface area (Å²) in [6.07, 6.45) is 2.22. The van der Waals surface area contributed by atoms with Crippen LogP contribution >= 0.6 is 0 Å². The first kappa shape index (κ1) is 5.54. The molecule has 0 N–H and O–H groups in total. The molecule has 0 rings (SSSR count). The molecule has 0 atom stereocenters. The Morgan fingerprint density at radius 3 is 2.33 bits per heavy atom. The second-order valence-corrected chi connectivity index (χ2v) is 1.11. The highest BCUT2D eigenvalue weighted by molar-refractivity contribution is 4.84. The second-order valence-electron chi connectivity index (χ2n) is 1.11. The number of allylic oxidation sites excluding steroid dienone is 2. The van der Waals surface area contributed by atoms with Gasteiger partial charge in [0.25, 0.3) is 0 Å². The molecule has 0 aromatic heterocycles. The summed E-state index contributed by atoms with van der Waals surface area (Å²) in [5.74, 6) is 0.218. The van der Waals surface area contributed by atoms with Crippen molar-refractivity contribution in [3.05, 3.63) is 11.8 Å². The lowest BCUT2D eigenvalue weighted by Gasteiger charge is -1.78. The molecule has 1 nitrogen and oxygen atoms in total. The summed E-state index contributed by atoms with van der Waals surface area (Å²) < 4.78 is 0. The maximum Gasteiger partial charge on any atom is 0.151 e. The zero-order valence-electron chi connectivity index (χ0n) is 4.19. The minimum Gasteiger partial charge on any atom is -0.295 e. The van der Waals surface area contributed by atoms with E-state index in [0.717, 1.165) is 0 Å². The second kappa shape index (κ2) is 2.76. The molecule has 35 valence electrons. The lowest BCUT2D eigenvalue weighted by atomic mass is 10.4. The van der Waals surface area contributed by atoms with Crippen molar-refractivity contribution in [3.63, 3.8) is 0 Å². The molecule has 0 unspecified atom stereocenters. The summed E-state index contributed by atoms with van der Waals surface area (Å²) in [7, 11) is 0. The Kier molecular flexibility index (Phi) is 2.55. The molecule has 0 amide bonds.